The number of alkyl halides is 3. The van der Waals surface area contributed by atoms with Crippen molar-refractivity contribution < 1.29 is 38.9 Å². The molecular formula is C17H7BrCl2F6O3S. The molecule has 0 aromatic heterocycles. The van der Waals surface area contributed by atoms with E-state index >= 15 is 0 Å². The lowest BCUT2D eigenvalue weighted by Gasteiger charge is -2.12. The highest BCUT2D eigenvalue weighted by Gasteiger charge is 2.48. The fourth-order valence-electron chi connectivity index (χ4n) is 2.01. The van der Waals surface area contributed by atoms with Gasteiger partial charge < -0.3 is 4.18 Å². The maximum absolute atomic E-state index is 13.3. The van der Waals surface area contributed by atoms with Crippen molar-refractivity contribution in [3.63, 3.8) is 0 Å². The zero-order valence-corrected chi connectivity index (χ0v) is 18.0. The van der Waals surface area contributed by atoms with Gasteiger partial charge in [-0.3, -0.25) is 0 Å². The van der Waals surface area contributed by atoms with Gasteiger partial charge in [0.15, 0.2) is 11.6 Å². The Morgan fingerprint density at radius 1 is 0.867 bits per heavy atom. The predicted octanol–water partition coefficient (Wildman–Crippen LogP) is 7.24. The molecule has 0 aliphatic rings. The lowest BCUT2D eigenvalue weighted by molar-refractivity contribution is -0.0499. The summed E-state index contributed by atoms with van der Waals surface area (Å²) in [4.78, 5) is 0. The van der Waals surface area contributed by atoms with E-state index in [2.05, 4.69) is 20.1 Å². The van der Waals surface area contributed by atoms with E-state index in [0.717, 1.165) is 18.2 Å². The summed E-state index contributed by atoms with van der Waals surface area (Å²) in [6.07, 6.45) is 0. The van der Waals surface area contributed by atoms with Crippen LogP contribution in [0.4, 0.5) is 26.3 Å². The monoisotopic (exact) mass is 554 g/mol. The summed E-state index contributed by atoms with van der Waals surface area (Å²) in [5.41, 5.74) is -5.59. The molecule has 3 nitrogen and oxygen atoms in total. The molecule has 0 fully saturated rings. The molecule has 13 heteroatoms. The second kappa shape index (κ2) is 9.21. The number of rotatable bonds is 2. The van der Waals surface area contributed by atoms with Crippen molar-refractivity contribution >= 4 is 60.0 Å². The topological polar surface area (TPSA) is 43.4 Å². The molecule has 0 saturated heterocycles. The second-order valence-electron chi connectivity index (χ2n) is 5.36. The lowest BCUT2D eigenvalue weighted by atomic mass is 10.1. The summed E-state index contributed by atoms with van der Waals surface area (Å²) in [5.74, 6) is -3.10. The van der Waals surface area contributed by atoms with Crippen LogP contribution in [0.1, 0.15) is 0 Å². The SMILES string of the molecule is Fc1ccc(Br)c(F)c1Cl.O=S(=O)(Oc1cccc2ccc(F)c(Cl)c12)C(F)(F)F. The largest absolute Gasteiger partial charge is 0.534 e. The van der Waals surface area contributed by atoms with Crippen molar-refractivity contribution in [1.29, 1.82) is 0 Å². The van der Waals surface area contributed by atoms with Gasteiger partial charge in [-0.25, -0.2) is 13.2 Å². The molecule has 3 rings (SSSR count). The smallest absolute Gasteiger partial charge is 0.375 e. The van der Waals surface area contributed by atoms with Gasteiger partial charge in [-0.2, -0.15) is 21.6 Å². The van der Waals surface area contributed by atoms with Crippen molar-refractivity contribution in [3.05, 3.63) is 74.4 Å². The van der Waals surface area contributed by atoms with Crippen LogP contribution in [0.2, 0.25) is 10.0 Å². The molecule has 0 aliphatic heterocycles. The van der Waals surface area contributed by atoms with Crippen molar-refractivity contribution in [1.82, 2.24) is 0 Å². The molecule has 0 amide bonds. The van der Waals surface area contributed by atoms with Crippen molar-refractivity contribution in [2.75, 3.05) is 0 Å². The molecule has 0 bridgehead atoms. The summed E-state index contributed by atoms with van der Waals surface area (Å²) in [7, 11) is -5.85. The molecular weight excluding hydrogens is 549 g/mol. The number of hydrogen-bond donors (Lipinski definition) is 0. The molecule has 0 N–H and O–H groups in total. The van der Waals surface area contributed by atoms with Crippen LogP contribution in [0.25, 0.3) is 10.8 Å². The standard InChI is InChI=1S/C11H5ClF4O3S.C6H2BrClF2/c12-10-7(13)5-4-6-2-1-3-8(9(6)10)19-20(17,18)11(14,15)16;7-3-1-2-4(9)5(8)6(3)10/h1-5H;1-2H. The summed E-state index contributed by atoms with van der Waals surface area (Å²) in [6, 6.07) is 8.24. The summed E-state index contributed by atoms with van der Waals surface area (Å²) in [6.45, 7) is 0. The average Bonchev–Trinajstić information content (AvgIpc) is 2.65. The Labute approximate surface area is 184 Å². The Hall–Kier alpha value is -1.69. The number of hydrogen-bond acceptors (Lipinski definition) is 3. The summed E-state index contributed by atoms with van der Waals surface area (Å²) >= 11 is 13.7. The quantitative estimate of drug-likeness (QED) is 0.110. The molecule has 30 heavy (non-hydrogen) atoms. The van der Waals surface area contributed by atoms with Crippen molar-refractivity contribution in [2.45, 2.75) is 5.51 Å². The predicted molar refractivity (Wildman–Crippen MR) is 104 cm³/mol. The first kappa shape index (κ1) is 24.6. The maximum atomic E-state index is 13.3. The minimum Gasteiger partial charge on any atom is -0.375 e. The molecule has 0 aliphatic carbocycles. The van der Waals surface area contributed by atoms with Gasteiger partial charge in [0.2, 0.25) is 0 Å². The third-order valence-electron chi connectivity index (χ3n) is 3.37. The minimum absolute atomic E-state index is 0.166. The highest BCUT2D eigenvalue weighted by molar-refractivity contribution is 9.10. The van der Waals surface area contributed by atoms with Crippen LogP contribution in [0.3, 0.4) is 0 Å². The van der Waals surface area contributed by atoms with Crippen LogP contribution in [-0.2, 0) is 10.1 Å². The molecule has 0 unspecified atom stereocenters. The molecule has 162 valence electrons. The van der Waals surface area contributed by atoms with E-state index in [9.17, 15) is 34.8 Å². The molecule has 3 aromatic rings. The zero-order chi connectivity index (χ0) is 22.9. The minimum atomic E-state index is -5.85. The Balaban J connectivity index is 0.000000269. The van der Waals surface area contributed by atoms with Crippen LogP contribution in [0, 0.1) is 17.5 Å². The Bertz CT molecular complexity index is 1180. The van der Waals surface area contributed by atoms with E-state index in [1.165, 1.54) is 24.3 Å². The van der Waals surface area contributed by atoms with Crippen molar-refractivity contribution in [2.24, 2.45) is 0 Å². The van der Waals surface area contributed by atoms with Gasteiger partial charge in [-0.1, -0.05) is 41.4 Å². The number of benzene rings is 3. The Morgan fingerprint density at radius 2 is 1.43 bits per heavy atom. The lowest BCUT2D eigenvalue weighted by Crippen LogP contribution is -2.28. The fraction of sp³-hybridized carbons (Fsp3) is 0.0588. The molecule has 0 radical (unpaired) electrons. The van der Waals surface area contributed by atoms with Gasteiger partial charge in [0.25, 0.3) is 0 Å². The van der Waals surface area contributed by atoms with Crippen molar-refractivity contribution in [3.8, 4) is 5.75 Å². The van der Waals surface area contributed by atoms with Crippen LogP contribution in [0.5, 0.6) is 5.75 Å². The van der Waals surface area contributed by atoms with Gasteiger partial charge in [-0.15, -0.1) is 0 Å². The molecule has 0 atom stereocenters. The zero-order valence-electron chi connectivity index (χ0n) is 14.1. The van der Waals surface area contributed by atoms with E-state index < -0.39 is 48.9 Å². The van der Waals surface area contributed by atoms with Gasteiger partial charge in [-0.05, 0) is 45.6 Å². The Morgan fingerprint density at radius 3 is 2.00 bits per heavy atom. The van der Waals surface area contributed by atoms with E-state index in [-0.39, 0.29) is 15.2 Å². The van der Waals surface area contributed by atoms with Gasteiger partial charge in [0.1, 0.15) is 16.7 Å². The first-order chi connectivity index (χ1) is 13.8. The van der Waals surface area contributed by atoms with E-state index in [1.807, 2.05) is 0 Å². The number of halogens is 9. The van der Waals surface area contributed by atoms with E-state index in [4.69, 9.17) is 23.2 Å². The first-order valence-corrected chi connectivity index (χ1v) is 10.4. The molecule has 0 saturated carbocycles. The molecule has 0 spiro atoms. The highest BCUT2D eigenvalue weighted by Crippen LogP contribution is 2.36. The van der Waals surface area contributed by atoms with E-state index in [0.29, 0.717) is 0 Å². The molecule has 0 heterocycles. The fourth-order valence-corrected chi connectivity index (χ4v) is 3.36. The van der Waals surface area contributed by atoms with Gasteiger partial charge in [0.05, 0.1) is 9.50 Å². The summed E-state index contributed by atoms with van der Waals surface area (Å²) < 4.78 is 101. The molecule has 3 aromatic carbocycles. The van der Waals surface area contributed by atoms with Crippen LogP contribution < -0.4 is 4.18 Å². The highest BCUT2D eigenvalue weighted by atomic mass is 79.9. The third-order valence-corrected chi connectivity index (χ3v) is 5.66. The number of fused-ring (bicyclic) bond motifs is 1. The van der Waals surface area contributed by atoms with Crippen LogP contribution in [0.15, 0.2) is 46.9 Å². The second-order valence-corrected chi connectivity index (χ2v) is 8.50. The summed E-state index contributed by atoms with van der Waals surface area (Å²) in [5, 5.41) is -1.00. The van der Waals surface area contributed by atoms with Gasteiger partial charge in [0, 0.05) is 5.39 Å². The average molecular weight is 556 g/mol. The normalized spacial score (nSPS) is 11.8. The maximum Gasteiger partial charge on any atom is 0.534 e. The Kier molecular flexibility index (Phi) is 7.54. The first-order valence-electron chi connectivity index (χ1n) is 7.42. The van der Waals surface area contributed by atoms with Crippen LogP contribution in [-0.4, -0.2) is 13.9 Å². The van der Waals surface area contributed by atoms with Gasteiger partial charge >= 0.3 is 15.6 Å². The van der Waals surface area contributed by atoms with Crippen LogP contribution >= 0.6 is 39.1 Å². The third kappa shape index (κ3) is 5.32. The van der Waals surface area contributed by atoms with E-state index in [1.54, 1.807) is 0 Å².